The molecule has 0 bridgehead atoms. The molecular weight excluding hydrogens is 164 g/mol. The van der Waals surface area contributed by atoms with Crippen molar-refractivity contribution in [3.63, 3.8) is 0 Å². The molecule has 0 heterocycles. The fourth-order valence-corrected chi connectivity index (χ4v) is 1.37. The van der Waals surface area contributed by atoms with E-state index in [1.165, 1.54) is 0 Å². The minimum atomic E-state index is -0.778. The Labute approximate surface area is 79.0 Å². The van der Waals surface area contributed by atoms with Gasteiger partial charge in [-0.25, -0.2) is 0 Å². The van der Waals surface area contributed by atoms with Gasteiger partial charge in [-0.15, -0.1) is 0 Å². The second-order valence-electron chi connectivity index (χ2n) is 3.49. The average molecular weight is 180 g/mol. The Morgan fingerprint density at radius 1 is 1.54 bits per heavy atom. The first-order valence-electron chi connectivity index (χ1n) is 4.75. The molecule has 1 aliphatic carbocycles. The van der Waals surface area contributed by atoms with Crippen LogP contribution in [0.3, 0.4) is 0 Å². The van der Waals surface area contributed by atoms with Crippen LogP contribution >= 0.6 is 0 Å². The number of Topliss-reactive ketones (excluding diaryl/α,β-unsaturated/α-hetero) is 1. The summed E-state index contributed by atoms with van der Waals surface area (Å²) in [6, 6.07) is 0. The largest absolute Gasteiger partial charge is 0.385 e. The lowest BCUT2D eigenvalue weighted by molar-refractivity contribution is -0.119. The van der Waals surface area contributed by atoms with Crippen molar-refractivity contribution in [1.82, 2.24) is 0 Å². The van der Waals surface area contributed by atoms with Crippen molar-refractivity contribution in [3.05, 3.63) is 24.3 Å². The maximum absolute atomic E-state index is 11.0. The molecule has 1 unspecified atom stereocenters. The van der Waals surface area contributed by atoms with Gasteiger partial charge in [0.1, 0.15) is 5.78 Å². The van der Waals surface area contributed by atoms with Gasteiger partial charge in [0.15, 0.2) is 0 Å². The third kappa shape index (κ3) is 3.15. The molecule has 0 aromatic carbocycles. The van der Waals surface area contributed by atoms with Gasteiger partial charge in [0.25, 0.3) is 0 Å². The third-order valence-corrected chi connectivity index (χ3v) is 2.36. The monoisotopic (exact) mass is 180 g/mol. The minimum Gasteiger partial charge on any atom is -0.385 e. The second kappa shape index (κ2) is 4.38. The fraction of sp³-hybridized carbons (Fsp3) is 0.545. The van der Waals surface area contributed by atoms with E-state index in [2.05, 4.69) is 0 Å². The molecule has 13 heavy (non-hydrogen) atoms. The Bertz CT molecular complexity index is 240. The molecule has 1 N–H and O–H groups in total. The van der Waals surface area contributed by atoms with Gasteiger partial charge in [-0.1, -0.05) is 31.2 Å². The van der Waals surface area contributed by atoms with Gasteiger partial charge in [0.2, 0.25) is 0 Å². The Hall–Kier alpha value is -0.890. The van der Waals surface area contributed by atoms with Crippen LogP contribution in [0.4, 0.5) is 0 Å². The summed E-state index contributed by atoms with van der Waals surface area (Å²) in [5, 5.41) is 9.93. The van der Waals surface area contributed by atoms with E-state index in [-0.39, 0.29) is 5.78 Å². The van der Waals surface area contributed by atoms with Crippen LogP contribution in [0.2, 0.25) is 0 Å². The van der Waals surface area contributed by atoms with E-state index in [1.54, 1.807) is 6.08 Å². The molecule has 2 heteroatoms. The van der Waals surface area contributed by atoms with E-state index in [0.717, 1.165) is 0 Å². The van der Waals surface area contributed by atoms with E-state index < -0.39 is 5.60 Å². The molecule has 1 aliphatic rings. The van der Waals surface area contributed by atoms with Crippen molar-refractivity contribution < 1.29 is 9.90 Å². The van der Waals surface area contributed by atoms with E-state index in [0.29, 0.717) is 25.7 Å². The summed E-state index contributed by atoms with van der Waals surface area (Å²) >= 11 is 0. The van der Waals surface area contributed by atoms with Crippen LogP contribution in [0, 0.1) is 0 Å². The molecule has 0 aliphatic heterocycles. The predicted molar refractivity (Wildman–Crippen MR) is 52.4 cm³/mol. The fourth-order valence-electron chi connectivity index (χ4n) is 1.37. The van der Waals surface area contributed by atoms with Crippen molar-refractivity contribution in [1.29, 1.82) is 0 Å². The van der Waals surface area contributed by atoms with Gasteiger partial charge in [0, 0.05) is 12.8 Å². The zero-order valence-electron chi connectivity index (χ0n) is 7.99. The number of aliphatic hydroxyl groups is 1. The lowest BCUT2D eigenvalue weighted by atomic mass is 9.89. The Balaban J connectivity index is 2.39. The average Bonchev–Trinajstić information content (AvgIpc) is 2.15. The summed E-state index contributed by atoms with van der Waals surface area (Å²) < 4.78 is 0. The molecule has 72 valence electrons. The van der Waals surface area contributed by atoms with Gasteiger partial charge in [0.05, 0.1) is 5.60 Å². The van der Waals surface area contributed by atoms with Crippen LogP contribution in [0.5, 0.6) is 0 Å². The molecule has 0 aromatic heterocycles. The van der Waals surface area contributed by atoms with E-state index in [1.807, 2.05) is 25.2 Å². The maximum atomic E-state index is 11.0. The number of carbonyl (C=O) groups is 1. The van der Waals surface area contributed by atoms with Gasteiger partial charge in [-0.2, -0.15) is 0 Å². The van der Waals surface area contributed by atoms with Crippen molar-refractivity contribution in [2.45, 2.75) is 38.2 Å². The summed E-state index contributed by atoms with van der Waals surface area (Å²) in [5.41, 5.74) is -0.778. The van der Waals surface area contributed by atoms with E-state index in [9.17, 15) is 9.90 Å². The van der Waals surface area contributed by atoms with E-state index in [4.69, 9.17) is 0 Å². The molecule has 0 saturated carbocycles. The van der Waals surface area contributed by atoms with Crippen molar-refractivity contribution in [3.8, 4) is 0 Å². The van der Waals surface area contributed by atoms with Crippen molar-refractivity contribution >= 4 is 5.78 Å². The van der Waals surface area contributed by atoms with Crippen LogP contribution in [-0.2, 0) is 4.79 Å². The van der Waals surface area contributed by atoms with E-state index >= 15 is 0 Å². The normalized spacial score (nSPS) is 26.3. The number of rotatable bonds is 4. The molecule has 0 fully saturated rings. The molecule has 0 aromatic rings. The Kier molecular flexibility index (Phi) is 3.43. The predicted octanol–water partition coefficient (Wildman–Crippen LogP) is 1.99. The summed E-state index contributed by atoms with van der Waals surface area (Å²) in [7, 11) is 0. The van der Waals surface area contributed by atoms with Crippen LogP contribution in [0.15, 0.2) is 24.3 Å². The number of allylic oxidation sites excluding steroid dienone is 2. The highest BCUT2D eigenvalue weighted by molar-refractivity contribution is 5.78. The first kappa shape index (κ1) is 10.2. The third-order valence-electron chi connectivity index (χ3n) is 2.36. The van der Waals surface area contributed by atoms with Gasteiger partial charge >= 0.3 is 0 Å². The minimum absolute atomic E-state index is 0.219. The molecule has 0 radical (unpaired) electrons. The smallest absolute Gasteiger partial charge is 0.132 e. The number of hydrogen-bond donors (Lipinski definition) is 1. The highest BCUT2D eigenvalue weighted by atomic mass is 16.3. The molecule has 0 saturated heterocycles. The molecule has 2 nitrogen and oxygen atoms in total. The quantitative estimate of drug-likeness (QED) is 0.718. The SMILES string of the molecule is CCC(=O)CCC1(O)C=CC=CC1. The first-order chi connectivity index (χ1) is 6.16. The van der Waals surface area contributed by atoms with Crippen molar-refractivity contribution in [2.75, 3.05) is 0 Å². The Morgan fingerprint density at radius 2 is 2.31 bits per heavy atom. The number of carbonyl (C=O) groups excluding carboxylic acids is 1. The first-order valence-corrected chi connectivity index (χ1v) is 4.75. The second-order valence-corrected chi connectivity index (χ2v) is 3.49. The van der Waals surface area contributed by atoms with Crippen LogP contribution < -0.4 is 0 Å². The van der Waals surface area contributed by atoms with Crippen LogP contribution in [0.1, 0.15) is 32.6 Å². The summed E-state index contributed by atoms with van der Waals surface area (Å²) in [6.45, 7) is 1.85. The summed E-state index contributed by atoms with van der Waals surface area (Å²) in [4.78, 5) is 11.0. The topological polar surface area (TPSA) is 37.3 Å². The number of hydrogen-bond acceptors (Lipinski definition) is 2. The molecule has 1 rings (SSSR count). The highest BCUT2D eigenvalue weighted by Gasteiger charge is 2.23. The van der Waals surface area contributed by atoms with Crippen LogP contribution in [0.25, 0.3) is 0 Å². The highest BCUT2D eigenvalue weighted by Crippen LogP contribution is 2.23. The van der Waals surface area contributed by atoms with Gasteiger partial charge in [-0.3, -0.25) is 4.79 Å². The van der Waals surface area contributed by atoms with Crippen molar-refractivity contribution in [2.24, 2.45) is 0 Å². The zero-order valence-corrected chi connectivity index (χ0v) is 7.99. The summed E-state index contributed by atoms with van der Waals surface area (Å²) in [5.74, 6) is 0.219. The lowest BCUT2D eigenvalue weighted by Crippen LogP contribution is -2.27. The molecule has 0 spiro atoms. The summed E-state index contributed by atoms with van der Waals surface area (Å²) in [6.07, 6.45) is 9.66. The molecule has 0 amide bonds. The zero-order chi connectivity index (χ0) is 9.73. The van der Waals surface area contributed by atoms with Gasteiger partial charge < -0.3 is 5.11 Å². The number of ketones is 1. The van der Waals surface area contributed by atoms with Gasteiger partial charge in [-0.05, 0) is 12.8 Å². The standard InChI is InChI=1S/C11H16O2/c1-2-10(12)6-9-11(13)7-4-3-5-8-11/h3-5,7,13H,2,6,8-9H2,1H3. The maximum Gasteiger partial charge on any atom is 0.132 e. The molecule has 1 atom stereocenters. The van der Waals surface area contributed by atoms with Crippen LogP contribution in [-0.4, -0.2) is 16.5 Å². The lowest BCUT2D eigenvalue weighted by Gasteiger charge is -2.24. The Morgan fingerprint density at radius 3 is 2.85 bits per heavy atom. The molecular formula is C11H16O2.